The summed E-state index contributed by atoms with van der Waals surface area (Å²) >= 11 is 0. The molecule has 1 aliphatic carbocycles. The smallest absolute Gasteiger partial charge is 0.317 e. The average Bonchev–Trinajstić information content (AvgIpc) is 2.92. The number of urea groups is 1. The minimum atomic E-state index is -0.317. The molecule has 0 bridgehead atoms. The van der Waals surface area contributed by atoms with Crippen molar-refractivity contribution in [3.63, 3.8) is 0 Å². The predicted octanol–water partition coefficient (Wildman–Crippen LogP) is 2.27. The first-order valence-electron chi connectivity index (χ1n) is 8.38. The number of hydrogen-bond acceptors (Lipinski definition) is 5. The molecule has 0 aliphatic heterocycles. The Morgan fingerprint density at radius 1 is 1.43 bits per heavy atom. The largest absolute Gasteiger partial charge is 0.393 e. The fourth-order valence-electron chi connectivity index (χ4n) is 3.03. The Labute approximate surface area is 137 Å². The van der Waals surface area contributed by atoms with E-state index in [1.54, 1.807) is 18.9 Å². The summed E-state index contributed by atoms with van der Waals surface area (Å²) in [4.78, 5) is 18.3. The van der Waals surface area contributed by atoms with Gasteiger partial charge in [-0.25, -0.2) is 4.79 Å². The monoisotopic (exact) mass is 324 g/mol. The van der Waals surface area contributed by atoms with Crippen LogP contribution in [0.1, 0.15) is 57.3 Å². The number of nitrogens with one attached hydrogen (secondary N) is 1. The molecule has 1 saturated carbocycles. The molecule has 0 saturated heterocycles. The second-order valence-corrected chi connectivity index (χ2v) is 6.84. The Bertz CT molecular complexity index is 517. The van der Waals surface area contributed by atoms with Crippen molar-refractivity contribution in [1.29, 1.82) is 0 Å². The highest BCUT2D eigenvalue weighted by Crippen LogP contribution is 2.25. The third kappa shape index (κ3) is 4.67. The van der Waals surface area contributed by atoms with Crippen LogP contribution >= 0.6 is 0 Å². The van der Waals surface area contributed by atoms with E-state index in [1.807, 2.05) is 13.8 Å². The highest BCUT2D eigenvalue weighted by molar-refractivity contribution is 5.74. The van der Waals surface area contributed by atoms with Gasteiger partial charge in [0.05, 0.1) is 6.10 Å². The lowest BCUT2D eigenvalue weighted by Gasteiger charge is -2.32. The Balaban J connectivity index is 1.95. The van der Waals surface area contributed by atoms with E-state index >= 15 is 0 Å². The van der Waals surface area contributed by atoms with Gasteiger partial charge >= 0.3 is 6.03 Å². The van der Waals surface area contributed by atoms with Crippen LogP contribution in [-0.2, 0) is 0 Å². The number of aliphatic hydroxyl groups excluding tert-OH is 1. The summed E-state index contributed by atoms with van der Waals surface area (Å²) in [6, 6.07) is -0.500. The van der Waals surface area contributed by atoms with Crippen molar-refractivity contribution in [2.24, 2.45) is 11.8 Å². The molecule has 0 aromatic carbocycles. The Morgan fingerprint density at radius 3 is 2.70 bits per heavy atom. The molecule has 2 rings (SSSR count). The van der Waals surface area contributed by atoms with Gasteiger partial charge in [0.1, 0.15) is 6.04 Å². The second kappa shape index (κ2) is 7.77. The van der Waals surface area contributed by atoms with E-state index in [0.29, 0.717) is 18.3 Å². The summed E-state index contributed by atoms with van der Waals surface area (Å²) in [5.74, 6) is 1.27. The van der Waals surface area contributed by atoms with E-state index in [4.69, 9.17) is 4.52 Å². The number of amides is 2. The summed E-state index contributed by atoms with van der Waals surface area (Å²) in [7, 11) is 1.76. The highest BCUT2D eigenvalue weighted by Gasteiger charge is 2.28. The molecule has 3 atom stereocenters. The SMILES string of the molecule is Cc1noc(C(NC(=O)N(C)CC2CCCCC2O)C(C)C)n1. The van der Waals surface area contributed by atoms with Gasteiger partial charge in [0.25, 0.3) is 0 Å². The third-order valence-corrected chi connectivity index (χ3v) is 4.48. The lowest BCUT2D eigenvalue weighted by molar-refractivity contribution is 0.0560. The summed E-state index contributed by atoms with van der Waals surface area (Å²) in [5.41, 5.74) is 0. The molecule has 0 spiro atoms. The molecule has 7 heteroatoms. The number of rotatable bonds is 5. The minimum Gasteiger partial charge on any atom is -0.393 e. The molecule has 1 fully saturated rings. The maximum atomic E-state index is 12.5. The fourth-order valence-corrected chi connectivity index (χ4v) is 3.03. The molecule has 3 unspecified atom stereocenters. The molecular weight excluding hydrogens is 296 g/mol. The van der Waals surface area contributed by atoms with Crippen molar-refractivity contribution in [1.82, 2.24) is 20.4 Å². The number of carbonyl (C=O) groups excluding carboxylic acids is 1. The lowest BCUT2D eigenvalue weighted by Crippen LogP contribution is -2.45. The zero-order chi connectivity index (χ0) is 17.0. The predicted molar refractivity (Wildman–Crippen MR) is 85.7 cm³/mol. The van der Waals surface area contributed by atoms with Gasteiger partial charge in [-0.15, -0.1) is 0 Å². The van der Waals surface area contributed by atoms with Crippen LogP contribution in [0.2, 0.25) is 0 Å². The van der Waals surface area contributed by atoms with E-state index < -0.39 is 0 Å². The van der Waals surface area contributed by atoms with Gasteiger partial charge in [0, 0.05) is 19.5 Å². The normalized spacial score (nSPS) is 22.9. The third-order valence-electron chi connectivity index (χ3n) is 4.48. The zero-order valence-corrected chi connectivity index (χ0v) is 14.5. The molecule has 1 aromatic rings. The van der Waals surface area contributed by atoms with Gasteiger partial charge in [-0.3, -0.25) is 0 Å². The molecule has 0 radical (unpaired) electrons. The van der Waals surface area contributed by atoms with Gasteiger partial charge in [0.2, 0.25) is 5.89 Å². The molecule has 2 N–H and O–H groups in total. The van der Waals surface area contributed by atoms with E-state index in [9.17, 15) is 9.90 Å². The van der Waals surface area contributed by atoms with Crippen LogP contribution in [0, 0.1) is 18.8 Å². The molecule has 1 aromatic heterocycles. The molecular formula is C16H28N4O3. The Hall–Kier alpha value is -1.63. The quantitative estimate of drug-likeness (QED) is 0.867. The summed E-state index contributed by atoms with van der Waals surface area (Å²) in [6.45, 7) is 6.30. The van der Waals surface area contributed by atoms with Crippen molar-refractivity contribution in [2.75, 3.05) is 13.6 Å². The Morgan fingerprint density at radius 2 is 2.13 bits per heavy atom. The summed E-state index contributed by atoms with van der Waals surface area (Å²) < 4.78 is 5.20. The van der Waals surface area contributed by atoms with Crippen molar-refractivity contribution in [3.8, 4) is 0 Å². The molecule has 130 valence electrons. The standard InChI is InChI=1S/C16H28N4O3/c1-10(2)14(15-17-11(3)19-23-15)18-16(22)20(4)9-12-7-5-6-8-13(12)21/h10,12-14,21H,5-9H2,1-4H3,(H,18,22). The molecule has 1 heterocycles. The summed E-state index contributed by atoms with van der Waals surface area (Å²) in [5, 5.41) is 16.8. The van der Waals surface area contributed by atoms with E-state index in [0.717, 1.165) is 25.7 Å². The van der Waals surface area contributed by atoms with Gasteiger partial charge in [-0.05, 0) is 25.7 Å². The van der Waals surface area contributed by atoms with Crippen molar-refractivity contribution < 1.29 is 14.4 Å². The van der Waals surface area contributed by atoms with Crippen molar-refractivity contribution in [3.05, 3.63) is 11.7 Å². The summed E-state index contributed by atoms with van der Waals surface area (Å²) in [6.07, 6.45) is 3.68. The van der Waals surface area contributed by atoms with Crippen LogP contribution in [0.5, 0.6) is 0 Å². The fraction of sp³-hybridized carbons (Fsp3) is 0.812. The van der Waals surface area contributed by atoms with Crippen molar-refractivity contribution in [2.45, 2.75) is 58.6 Å². The van der Waals surface area contributed by atoms with Gasteiger partial charge in [-0.2, -0.15) is 4.98 Å². The maximum absolute atomic E-state index is 12.5. The number of nitrogens with zero attached hydrogens (tertiary/aromatic N) is 3. The van der Waals surface area contributed by atoms with Crippen LogP contribution in [0.25, 0.3) is 0 Å². The van der Waals surface area contributed by atoms with Crippen LogP contribution < -0.4 is 5.32 Å². The number of aryl methyl sites for hydroxylation is 1. The van der Waals surface area contributed by atoms with Gasteiger partial charge in [0.15, 0.2) is 5.82 Å². The van der Waals surface area contributed by atoms with Crippen LogP contribution in [-0.4, -0.2) is 45.9 Å². The first-order valence-corrected chi connectivity index (χ1v) is 8.38. The minimum absolute atomic E-state index is 0.132. The topological polar surface area (TPSA) is 91.5 Å². The molecule has 7 nitrogen and oxygen atoms in total. The first kappa shape index (κ1) is 17.7. The van der Waals surface area contributed by atoms with Gasteiger partial charge < -0.3 is 19.8 Å². The molecule has 2 amide bonds. The molecule has 23 heavy (non-hydrogen) atoms. The van der Waals surface area contributed by atoms with Crippen LogP contribution in [0.4, 0.5) is 4.79 Å². The Kier molecular flexibility index (Phi) is 5.98. The highest BCUT2D eigenvalue weighted by atomic mass is 16.5. The number of hydrogen-bond donors (Lipinski definition) is 2. The van der Waals surface area contributed by atoms with E-state index in [2.05, 4.69) is 15.5 Å². The van der Waals surface area contributed by atoms with Gasteiger partial charge in [-0.1, -0.05) is 31.8 Å². The van der Waals surface area contributed by atoms with E-state index in [-0.39, 0.29) is 30.0 Å². The maximum Gasteiger partial charge on any atom is 0.317 e. The number of aliphatic hydroxyl groups is 1. The van der Waals surface area contributed by atoms with Crippen LogP contribution in [0.15, 0.2) is 4.52 Å². The lowest BCUT2D eigenvalue weighted by atomic mass is 9.86. The number of aromatic nitrogens is 2. The second-order valence-electron chi connectivity index (χ2n) is 6.84. The molecule has 1 aliphatic rings. The van der Waals surface area contributed by atoms with Crippen molar-refractivity contribution >= 4 is 6.03 Å². The zero-order valence-electron chi connectivity index (χ0n) is 14.5. The average molecular weight is 324 g/mol. The first-order chi connectivity index (χ1) is 10.9. The number of carbonyl (C=O) groups is 1. The van der Waals surface area contributed by atoms with Crippen LogP contribution in [0.3, 0.4) is 0 Å². The van der Waals surface area contributed by atoms with E-state index in [1.165, 1.54) is 0 Å².